The molecule has 0 spiro atoms. The molecule has 2 N–H and O–H groups in total. The van der Waals surface area contributed by atoms with E-state index in [9.17, 15) is 0 Å². The Morgan fingerprint density at radius 2 is 1.68 bits per heavy atom. The van der Waals surface area contributed by atoms with E-state index >= 15 is 0 Å². The molecule has 2 aromatic rings. The Bertz CT molecular complexity index is 617. The van der Waals surface area contributed by atoms with E-state index in [0.29, 0.717) is 0 Å². The summed E-state index contributed by atoms with van der Waals surface area (Å²) in [5.74, 6) is 0. The van der Waals surface area contributed by atoms with Gasteiger partial charge in [0.25, 0.3) is 0 Å². The summed E-state index contributed by atoms with van der Waals surface area (Å²) < 4.78 is 0. The summed E-state index contributed by atoms with van der Waals surface area (Å²) in [6, 6.07) is 13.0. The quantitative estimate of drug-likeness (QED) is 0.778. The smallest absolute Gasteiger partial charge is 0.0647 e. The monoisotopic (exact) mass is 252 g/mol. The minimum Gasteiger partial charge on any atom is -0.397 e. The molecule has 1 aliphatic rings. The van der Waals surface area contributed by atoms with Crippen molar-refractivity contribution in [2.24, 2.45) is 0 Å². The van der Waals surface area contributed by atoms with Crippen molar-refractivity contribution in [1.82, 2.24) is 0 Å². The molecule has 1 heterocycles. The van der Waals surface area contributed by atoms with Gasteiger partial charge in [-0.3, -0.25) is 0 Å². The van der Waals surface area contributed by atoms with Crippen molar-refractivity contribution in [3.05, 3.63) is 53.1 Å². The van der Waals surface area contributed by atoms with Gasteiger partial charge in [-0.2, -0.15) is 0 Å². The van der Waals surface area contributed by atoms with Crippen LogP contribution in [0.1, 0.15) is 23.1 Å². The van der Waals surface area contributed by atoms with Crippen LogP contribution in [0.4, 0.5) is 17.1 Å². The third-order valence-electron chi connectivity index (χ3n) is 3.83. The maximum Gasteiger partial charge on any atom is 0.0647 e. The number of hydrogen-bond donors (Lipinski definition) is 1. The minimum absolute atomic E-state index is 0.860. The minimum atomic E-state index is 0.860. The Hall–Kier alpha value is -1.96. The Morgan fingerprint density at radius 1 is 0.947 bits per heavy atom. The molecule has 0 aliphatic carbocycles. The molecule has 1 aliphatic heterocycles. The van der Waals surface area contributed by atoms with Crippen molar-refractivity contribution < 1.29 is 0 Å². The second kappa shape index (κ2) is 4.61. The highest BCUT2D eigenvalue weighted by Crippen LogP contribution is 2.37. The lowest BCUT2D eigenvalue weighted by Crippen LogP contribution is -2.25. The van der Waals surface area contributed by atoms with Crippen molar-refractivity contribution in [2.45, 2.75) is 26.7 Å². The fraction of sp³-hybridized carbons (Fsp3) is 0.294. The summed E-state index contributed by atoms with van der Waals surface area (Å²) in [7, 11) is 0. The molecule has 19 heavy (non-hydrogen) atoms. The normalized spacial score (nSPS) is 14.3. The molecule has 2 nitrogen and oxygen atoms in total. The summed E-state index contributed by atoms with van der Waals surface area (Å²) >= 11 is 0. The molecule has 0 aromatic heterocycles. The summed E-state index contributed by atoms with van der Waals surface area (Å²) in [6.07, 6.45) is 2.35. The zero-order valence-electron chi connectivity index (χ0n) is 11.6. The van der Waals surface area contributed by atoms with Crippen LogP contribution in [0.3, 0.4) is 0 Å². The zero-order chi connectivity index (χ0) is 13.4. The number of nitrogens with zero attached hydrogens (tertiary/aromatic N) is 1. The van der Waals surface area contributed by atoms with Crippen LogP contribution in [0, 0.1) is 13.8 Å². The first-order chi connectivity index (χ1) is 9.15. The lowest BCUT2D eigenvalue weighted by atomic mass is 9.98. The Balaban J connectivity index is 2.11. The SMILES string of the molecule is Cc1ccc2c(c1)CCCN2c1cc(C)ccc1N. The van der Waals surface area contributed by atoms with Gasteiger partial charge in [0.2, 0.25) is 0 Å². The van der Waals surface area contributed by atoms with Gasteiger partial charge in [0, 0.05) is 12.2 Å². The van der Waals surface area contributed by atoms with Crippen LogP contribution >= 0.6 is 0 Å². The Labute approximate surface area is 114 Å². The van der Waals surface area contributed by atoms with Crippen molar-refractivity contribution in [1.29, 1.82) is 0 Å². The van der Waals surface area contributed by atoms with E-state index in [1.165, 1.54) is 35.2 Å². The molecule has 2 heteroatoms. The number of rotatable bonds is 1. The second-order valence-electron chi connectivity index (χ2n) is 5.45. The molecule has 0 unspecified atom stereocenters. The predicted octanol–water partition coefficient (Wildman–Crippen LogP) is 3.97. The maximum atomic E-state index is 6.17. The first kappa shape index (κ1) is 12.1. The lowest BCUT2D eigenvalue weighted by Gasteiger charge is -2.32. The summed E-state index contributed by atoms with van der Waals surface area (Å²) in [5.41, 5.74) is 13.5. The van der Waals surface area contributed by atoms with Gasteiger partial charge in [-0.05, 0) is 56.0 Å². The third kappa shape index (κ3) is 2.19. The van der Waals surface area contributed by atoms with E-state index in [2.05, 4.69) is 49.1 Å². The molecule has 2 aromatic carbocycles. The molecular weight excluding hydrogens is 232 g/mol. The van der Waals surface area contributed by atoms with Crippen LogP contribution in [0.15, 0.2) is 36.4 Å². The highest BCUT2D eigenvalue weighted by molar-refractivity contribution is 5.77. The fourth-order valence-electron chi connectivity index (χ4n) is 2.86. The average Bonchev–Trinajstić information content (AvgIpc) is 2.40. The molecular formula is C17H20N2. The van der Waals surface area contributed by atoms with Crippen LogP contribution in [0.5, 0.6) is 0 Å². The van der Waals surface area contributed by atoms with Crippen molar-refractivity contribution in [3.8, 4) is 0 Å². The highest BCUT2D eigenvalue weighted by atomic mass is 15.1. The van der Waals surface area contributed by atoms with Gasteiger partial charge in [0.05, 0.1) is 11.4 Å². The van der Waals surface area contributed by atoms with Gasteiger partial charge >= 0.3 is 0 Å². The second-order valence-corrected chi connectivity index (χ2v) is 5.45. The molecule has 0 amide bonds. The van der Waals surface area contributed by atoms with Gasteiger partial charge in [-0.1, -0.05) is 23.8 Å². The van der Waals surface area contributed by atoms with Gasteiger partial charge in [0.1, 0.15) is 0 Å². The van der Waals surface area contributed by atoms with Crippen LogP contribution in [-0.2, 0) is 6.42 Å². The van der Waals surface area contributed by atoms with Crippen molar-refractivity contribution in [2.75, 3.05) is 17.2 Å². The summed E-state index contributed by atoms with van der Waals surface area (Å²) in [4.78, 5) is 2.36. The zero-order valence-corrected chi connectivity index (χ0v) is 11.6. The molecule has 0 atom stereocenters. The summed E-state index contributed by atoms with van der Waals surface area (Å²) in [5, 5.41) is 0. The molecule has 0 saturated heterocycles. The number of hydrogen-bond acceptors (Lipinski definition) is 2. The maximum absolute atomic E-state index is 6.17. The summed E-state index contributed by atoms with van der Waals surface area (Å²) in [6.45, 7) is 5.31. The largest absolute Gasteiger partial charge is 0.397 e. The van der Waals surface area contributed by atoms with Crippen LogP contribution < -0.4 is 10.6 Å². The van der Waals surface area contributed by atoms with E-state index in [-0.39, 0.29) is 0 Å². The Kier molecular flexibility index (Phi) is 2.94. The van der Waals surface area contributed by atoms with Crippen LogP contribution in [-0.4, -0.2) is 6.54 Å². The van der Waals surface area contributed by atoms with E-state index in [1.807, 2.05) is 6.07 Å². The van der Waals surface area contributed by atoms with Crippen molar-refractivity contribution in [3.63, 3.8) is 0 Å². The van der Waals surface area contributed by atoms with Crippen LogP contribution in [0.2, 0.25) is 0 Å². The van der Waals surface area contributed by atoms with Gasteiger partial charge in [0.15, 0.2) is 0 Å². The van der Waals surface area contributed by atoms with Gasteiger partial charge in [-0.15, -0.1) is 0 Å². The molecule has 0 bridgehead atoms. The van der Waals surface area contributed by atoms with Crippen LogP contribution in [0.25, 0.3) is 0 Å². The molecule has 0 saturated carbocycles. The molecule has 3 rings (SSSR count). The third-order valence-corrected chi connectivity index (χ3v) is 3.83. The highest BCUT2D eigenvalue weighted by Gasteiger charge is 2.19. The Morgan fingerprint density at radius 3 is 2.53 bits per heavy atom. The molecule has 0 fully saturated rings. The van der Waals surface area contributed by atoms with E-state index in [0.717, 1.165) is 17.9 Å². The first-order valence-electron chi connectivity index (χ1n) is 6.88. The van der Waals surface area contributed by atoms with E-state index in [1.54, 1.807) is 0 Å². The topological polar surface area (TPSA) is 29.3 Å². The number of nitrogen functional groups attached to an aromatic ring is 1. The number of benzene rings is 2. The van der Waals surface area contributed by atoms with Crippen molar-refractivity contribution >= 4 is 17.1 Å². The first-order valence-corrected chi connectivity index (χ1v) is 6.88. The molecule has 0 radical (unpaired) electrons. The van der Waals surface area contributed by atoms with E-state index in [4.69, 9.17) is 5.73 Å². The molecule has 98 valence electrons. The lowest BCUT2D eigenvalue weighted by molar-refractivity contribution is 0.766. The number of nitrogens with two attached hydrogens (primary N) is 1. The fourth-order valence-corrected chi connectivity index (χ4v) is 2.86. The van der Waals surface area contributed by atoms with Gasteiger partial charge < -0.3 is 10.6 Å². The predicted molar refractivity (Wildman–Crippen MR) is 82.1 cm³/mol. The standard InChI is InChI=1S/C17H20N2/c1-12-6-8-16-14(10-12)4-3-9-19(16)17-11-13(2)5-7-15(17)18/h5-8,10-11H,3-4,9,18H2,1-2H3. The average molecular weight is 252 g/mol. The number of anilines is 3. The van der Waals surface area contributed by atoms with Gasteiger partial charge in [-0.25, -0.2) is 0 Å². The number of aryl methyl sites for hydroxylation is 3. The van der Waals surface area contributed by atoms with E-state index < -0.39 is 0 Å². The number of fused-ring (bicyclic) bond motifs is 1.